The fourth-order valence-corrected chi connectivity index (χ4v) is 2.17. The third kappa shape index (κ3) is 3.08. The molecule has 0 aromatic heterocycles. The molecule has 0 aliphatic heterocycles. The molecule has 0 unspecified atom stereocenters. The Morgan fingerprint density at radius 3 is 2.14 bits per heavy atom. The number of rotatable bonds is 1. The minimum Gasteiger partial charge on any atom is -0.198 e. The van der Waals surface area contributed by atoms with Crippen LogP contribution in [0.3, 0.4) is 0 Å². The summed E-state index contributed by atoms with van der Waals surface area (Å²) in [6, 6.07) is 2.52. The topological polar surface area (TPSA) is 23.8 Å². The highest BCUT2D eigenvalue weighted by atomic mass is 14.4. The van der Waals surface area contributed by atoms with Crippen molar-refractivity contribution in [2.75, 3.05) is 0 Å². The van der Waals surface area contributed by atoms with Crippen LogP contribution < -0.4 is 0 Å². The average Bonchev–Trinajstić information content (AvgIpc) is 2.18. The third-order valence-electron chi connectivity index (χ3n) is 3.15. The van der Waals surface area contributed by atoms with Crippen LogP contribution in [-0.2, 0) is 0 Å². The van der Waals surface area contributed by atoms with E-state index in [4.69, 9.17) is 0 Å². The Labute approximate surface area is 87.5 Å². The molecular weight excluding hydrogens is 170 g/mol. The summed E-state index contributed by atoms with van der Waals surface area (Å²) < 4.78 is 0. The van der Waals surface area contributed by atoms with E-state index in [1.54, 1.807) is 0 Å². The van der Waals surface area contributed by atoms with Crippen molar-refractivity contribution in [1.82, 2.24) is 0 Å². The molecule has 0 aromatic rings. The molecule has 0 spiro atoms. The van der Waals surface area contributed by atoms with Crippen molar-refractivity contribution in [3.63, 3.8) is 0 Å². The molecule has 1 saturated carbocycles. The van der Waals surface area contributed by atoms with Crippen molar-refractivity contribution in [2.45, 2.75) is 58.3 Å². The quantitative estimate of drug-likeness (QED) is 0.577. The van der Waals surface area contributed by atoms with E-state index in [9.17, 15) is 5.26 Å². The van der Waals surface area contributed by atoms with Gasteiger partial charge in [0.05, 0.1) is 11.5 Å². The fraction of sp³-hybridized carbons (Fsp3) is 0.769. The maximum absolute atomic E-state index is 9.27. The van der Waals surface area contributed by atoms with Gasteiger partial charge in [0.25, 0.3) is 0 Å². The first-order valence-electron chi connectivity index (χ1n) is 5.64. The van der Waals surface area contributed by atoms with Crippen LogP contribution in [0.15, 0.2) is 0 Å². The summed E-state index contributed by atoms with van der Waals surface area (Å²) in [6.07, 6.45) is 9.24. The predicted octanol–water partition coefficient (Wildman–Crippen LogP) is 3.65. The van der Waals surface area contributed by atoms with E-state index in [0.717, 1.165) is 19.3 Å². The molecule has 1 rings (SSSR count). The molecule has 1 aliphatic carbocycles. The first-order valence-corrected chi connectivity index (χ1v) is 5.64. The van der Waals surface area contributed by atoms with E-state index in [2.05, 4.69) is 17.9 Å². The Morgan fingerprint density at radius 2 is 1.64 bits per heavy atom. The summed E-state index contributed by atoms with van der Waals surface area (Å²) >= 11 is 0. The molecule has 1 fully saturated rings. The van der Waals surface area contributed by atoms with E-state index >= 15 is 0 Å². The normalized spacial score (nSPS) is 20.9. The maximum atomic E-state index is 9.27. The highest BCUT2D eigenvalue weighted by Gasteiger charge is 2.28. The van der Waals surface area contributed by atoms with Gasteiger partial charge in [0, 0.05) is 6.42 Å². The van der Waals surface area contributed by atoms with Crippen molar-refractivity contribution >= 4 is 0 Å². The smallest absolute Gasteiger partial charge is 0.0699 e. The van der Waals surface area contributed by atoms with Gasteiger partial charge in [-0.05, 0) is 19.8 Å². The lowest BCUT2D eigenvalue weighted by Gasteiger charge is -2.26. The predicted molar refractivity (Wildman–Crippen MR) is 58.4 cm³/mol. The molecule has 0 atom stereocenters. The Hall–Kier alpha value is -0.950. The summed E-state index contributed by atoms with van der Waals surface area (Å²) in [7, 11) is 0. The van der Waals surface area contributed by atoms with Crippen LogP contribution >= 0.6 is 0 Å². The molecule has 1 aliphatic rings. The van der Waals surface area contributed by atoms with E-state index in [0.29, 0.717) is 0 Å². The van der Waals surface area contributed by atoms with Crippen LogP contribution in [0.2, 0.25) is 0 Å². The molecule has 0 saturated heterocycles. The van der Waals surface area contributed by atoms with Crippen molar-refractivity contribution in [3.8, 4) is 17.9 Å². The van der Waals surface area contributed by atoms with Crippen LogP contribution in [0, 0.1) is 28.6 Å². The molecule has 0 bridgehead atoms. The van der Waals surface area contributed by atoms with Gasteiger partial charge >= 0.3 is 0 Å². The second kappa shape index (κ2) is 5.71. The minimum atomic E-state index is -0.122. The summed E-state index contributed by atoms with van der Waals surface area (Å²) in [6.45, 7) is 1.86. The largest absolute Gasteiger partial charge is 0.198 e. The molecule has 0 N–H and O–H groups in total. The summed E-state index contributed by atoms with van der Waals surface area (Å²) in [4.78, 5) is 0. The number of hydrogen-bond acceptors (Lipinski definition) is 1. The highest BCUT2D eigenvalue weighted by Crippen LogP contribution is 2.36. The van der Waals surface area contributed by atoms with Crippen LogP contribution in [-0.4, -0.2) is 0 Å². The molecule has 76 valence electrons. The number of hydrogen-bond donors (Lipinski definition) is 0. The molecule has 1 heteroatoms. The Balaban J connectivity index is 2.62. The van der Waals surface area contributed by atoms with Crippen molar-refractivity contribution in [2.24, 2.45) is 5.41 Å². The van der Waals surface area contributed by atoms with Gasteiger partial charge < -0.3 is 0 Å². The standard InChI is InChI=1S/C13H19N/c1-2-3-9-13(12-14)10-7-5-4-6-8-11-13/h4-11H2,1H3. The summed E-state index contributed by atoms with van der Waals surface area (Å²) in [5.41, 5.74) is -0.122. The molecule has 0 heterocycles. The van der Waals surface area contributed by atoms with E-state index in [1.165, 1.54) is 32.1 Å². The first-order chi connectivity index (χ1) is 6.83. The van der Waals surface area contributed by atoms with Crippen LogP contribution in [0.5, 0.6) is 0 Å². The fourth-order valence-electron chi connectivity index (χ4n) is 2.17. The van der Waals surface area contributed by atoms with Gasteiger partial charge in [-0.3, -0.25) is 0 Å². The van der Waals surface area contributed by atoms with Gasteiger partial charge in [0.2, 0.25) is 0 Å². The Morgan fingerprint density at radius 1 is 1.07 bits per heavy atom. The zero-order valence-electron chi connectivity index (χ0n) is 9.10. The highest BCUT2D eigenvalue weighted by molar-refractivity contribution is 5.09. The Bertz CT molecular complexity index is 253. The van der Waals surface area contributed by atoms with Gasteiger partial charge in [-0.2, -0.15) is 5.26 Å². The molecule has 0 radical (unpaired) electrons. The second-order valence-corrected chi connectivity index (χ2v) is 4.26. The summed E-state index contributed by atoms with van der Waals surface area (Å²) in [5, 5.41) is 9.27. The van der Waals surface area contributed by atoms with Gasteiger partial charge in [-0.25, -0.2) is 0 Å². The number of nitriles is 1. The van der Waals surface area contributed by atoms with Crippen molar-refractivity contribution in [3.05, 3.63) is 0 Å². The zero-order chi connectivity index (χ0) is 10.3. The zero-order valence-corrected chi connectivity index (χ0v) is 9.10. The lowest BCUT2D eigenvalue weighted by molar-refractivity contribution is 0.296. The SMILES string of the molecule is CC#CCC1(C#N)CCCCCCC1. The van der Waals surface area contributed by atoms with Crippen LogP contribution in [0.25, 0.3) is 0 Å². The van der Waals surface area contributed by atoms with Crippen LogP contribution in [0.4, 0.5) is 0 Å². The second-order valence-electron chi connectivity index (χ2n) is 4.26. The average molecular weight is 189 g/mol. The number of nitrogens with zero attached hydrogens (tertiary/aromatic N) is 1. The van der Waals surface area contributed by atoms with E-state index < -0.39 is 0 Å². The lowest BCUT2D eigenvalue weighted by atomic mass is 9.75. The van der Waals surface area contributed by atoms with Crippen molar-refractivity contribution in [1.29, 1.82) is 5.26 Å². The lowest BCUT2D eigenvalue weighted by Crippen LogP contribution is -2.19. The van der Waals surface area contributed by atoms with E-state index in [1.807, 2.05) is 6.92 Å². The monoisotopic (exact) mass is 189 g/mol. The van der Waals surface area contributed by atoms with Gasteiger partial charge in [-0.1, -0.05) is 32.1 Å². The molecule has 14 heavy (non-hydrogen) atoms. The first kappa shape index (κ1) is 11.1. The molecule has 0 aromatic carbocycles. The van der Waals surface area contributed by atoms with E-state index in [-0.39, 0.29) is 5.41 Å². The van der Waals surface area contributed by atoms with Gasteiger partial charge in [0.15, 0.2) is 0 Å². The van der Waals surface area contributed by atoms with Gasteiger partial charge in [0.1, 0.15) is 0 Å². The van der Waals surface area contributed by atoms with Crippen LogP contribution in [0.1, 0.15) is 58.3 Å². The molecule has 1 nitrogen and oxygen atoms in total. The van der Waals surface area contributed by atoms with Crippen molar-refractivity contribution < 1.29 is 0 Å². The Kier molecular flexibility index (Phi) is 4.54. The summed E-state index contributed by atoms with van der Waals surface area (Å²) in [5.74, 6) is 5.99. The van der Waals surface area contributed by atoms with Gasteiger partial charge in [-0.15, -0.1) is 11.8 Å². The third-order valence-corrected chi connectivity index (χ3v) is 3.15. The maximum Gasteiger partial charge on any atom is 0.0699 e. The molecular formula is C13H19N. The minimum absolute atomic E-state index is 0.122. The molecule has 0 amide bonds.